The predicted molar refractivity (Wildman–Crippen MR) is 220 cm³/mol. The lowest BCUT2D eigenvalue weighted by atomic mass is 9.71. The fourth-order valence-electron chi connectivity index (χ4n) is 9.07. The molecule has 0 fully saturated rings. The van der Waals surface area contributed by atoms with Crippen molar-refractivity contribution in [1.29, 1.82) is 0 Å². The second-order valence-electron chi connectivity index (χ2n) is 14.0. The van der Waals surface area contributed by atoms with Crippen LogP contribution in [0.15, 0.2) is 194 Å². The zero-order chi connectivity index (χ0) is 34.2. The van der Waals surface area contributed by atoms with Crippen molar-refractivity contribution in [1.82, 2.24) is 0 Å². The lowest BCUT2D eigenvalue weighted by Crippen LogP contribution is -2.25. The number of hydrogen-bond donors (Lipinski definition) is 0. The van der Waals surface area contributed by atoms with Crippen molar-refractivity contribution >= 4 is 21.4 Å². The Bertz CT molecular complexity index is 2770. The van der Waals surface area contributed by atoms with Gasteiger partial charge in [-0.1, -0.05) is 170 Å². The fourth-order valence-corrected chi connectivity index (χ4v) is 10.5. The number of benzene rings is 8. The minimum absolute atomic E-state index is 0.384. The summed E-state index contributed by atoms with van der Waals surface area (Å²) in [5, 5.41) is 1.35. The van der Waals surface area contributed by atoms with Crippen molar-refractivity contribution in [3.8, 4) is 66.8 Å². The van der Waals surface area contributed by atoms with Gasteiger partial charge in [-0.3, -0.25) is 0 Å². The molecule has 11 rings (SSSR count). The Morgan fingerprint density at radius 1 is 0.327 bits per heavy atom. The van der Waals surface area contributed by atoms with E-state index in [1.54, 1.807) is 0 Å². The number of fused-ring (bicyclic) bond motifs is 12. The van der Waals surface area contributed by atoms with E-state index in [1.807, 2.05) is 11.3 Å². The highest BCUT2D eigenvalue weighted by Gasteiger charge is 2.54. The van der Waals surface area contributed by atoms with Gasteiger partial charge in [-0.25, -0.2) is 0 Å². The average Bonchev–Trinajstić information content (AvgIpc) is 3.85. The molecule has 0 saturated carbocycles. The molecule has 52 heavy (non-hydrogen) atoms. The van der Waals surface area contributed by atoms with Gasteiger partial charge in [0.2, 0.25) is 0 Å². The quantitative estimate of drug-likeness (QED) is 0.174. The molecule has 0 bridgehead atoms. The zero-order valence-electron chi connectivity index (χ0n) is 28.4. The molecule has 0 nitrogen and oxygen atoms in total. The maximum Gasteiger partial charge on any atom is 0.0825 e. The van der Waals surface area contributed by atoms with Crippen molar-refractivity contribution in [2.24, 2.45) is 0 Å². The molecule has 2 aliphatic rings. The maximum absolute atomic E-state index is 2.38. The summed E-state index contributed by atoms with van der Waals surface area (Å²) >= 11 is 1.97. The van der Waals surface area contributed by atoms with Crippen LogP contribution in [0.25, 0.3) is 76.8 Å². The Hall–Kier alpha value is -6.28. The molecule has 1 heterocycles. The first kappa shape index (κ1) is 29.5. The number of hydrogen-bond acceptors (Lipinski definition) is 1. The van der Waals surface area contributed by atoms with Crippen LogP contribution in [-0.2, 0) is 5.41 Å². The molecule has 1 spiro atoms. The van der Waals surface area contributed by atoms with Gasteiger partial charge < -0.3 is 0 Å². The number of thiophene rings is 1. The van der Waals surface area contributed by atoms with Crippen LogP contribution in [0.1, 0.15) is 21.6 Å². The van der Waals surface area contributed by atoms with E-state index >= 15 is 0 Å². The highest BCUT2D eigenvalue weighted by atomic mass is 32.1. The average molecular weight is 677 g/mol. The molecule has 1 atom stereocenters. The van der Waals surface area contributed by atoms with E-state index in [9.17, 15) is 0 Å². The summed E-state index contributed by atoms with van der Waals surface area (Å²) in [6.07, 6.45) is 0. The molecule has 1 heteroatoms. The third-order valence-corrected chi connectivity index (χ3v) is 12.6. The lowest BCUT2D eigenvalue weighted by molar-refractivity contribution is 0.814. The highest BCUT2D eigenvalue weighted by molar-refractivity contribution is 7.20. The topological polar surface area (TPSA) is 0 Å². The van der Waals surface area contributed by atoms with Crippen LogP contribution in [0.4, 0.5) is 0 Å². The molecular formula is C51H32S. The minimum Gasteiger partial charge on any atom is -0.138 e. The molecule has 9 aromatic rings. The van der Waals surface area contributed by atoms with E-state index in [-0.39, 0.29) is 5.41 Å². The van der Waals surface area contributed by atoms with Crippen molar-refractivity contribution < 1.29 is 0 Å². The van der Waals surface area contributed by atoms with E-state index in [2.05, 4.69) is 194 Å². The Labute approximate surface area is 308 Å². The SMILES string of the molecule is c1ccc(-c2cc(-c3ccccc3)cc(-c3ccc(-c4cccc5c4C4(c6ccccc6-5)c5ccccc5-c5c4sc4ccccc54)cc3)c2)cc1. The van der Waals surface area contributed by atoms with Crippen molar-refractivity contribution in [3.63, 3.8) is 0 Å². The molecule has 1 aromatic heterocycles. The summed E-state index contributed by atoms with van der Waals surface area (Å²) in [4.78, 5) is 1.44. The molecular weight excluding hydrogens is 645 g/mol. The second kappa shape index (κ2) is 11.4. The summed E-state index contributed by atoms with van der Waals surface area (Å²) < 4.78 is 1.35. The van der Waals surface area contributed by atoms with E-state index < -0.39 is 0 Å². The number of rotatable bonds is 4. The standard InChI is InChI=1S/C51H32S/c1-3-14-33(15-4-1)37-30-38(34-16-5-2-6-17-34)32-39(31-37)35-26-28-36(29-27-35)40-21-13-22-42-41-18-7-10-23-45(41)51(49(40)42)46-24-11-8-19-43(46)48-44-20-9-12-25-47(44)52-50(48)51/h1-32H. The van der Waals surface area contributed by atoms with Crippen LogP contribution in [0.5, 0.6) is 0 Å². The van der Waals surface area contributed by atoms with Gasteiger partial charge in [-0.05, 0) is 102 Å². The van der Waals surface area contributed by atoms with Crippen molar-refractivity contribution in [3.05, 3.63) is 216 Å². The largest absolute Gasteiger partial charge is 0.138 e. The van der Waals surface area contributed by atoms with Crippen LogP contribution in [0.2, 0.25) is 0 Å². The van der Waals surface area contributed by atoms with Gasteiger partial charge in [0, 0.05) is 20.5 Å². The van der Waals surface area contributed by atoms with E-state index in [1.165, 1.54) is 98.4 Å². The van der Waals surface area contributed by atoms with E-state index in [0.717, 1.165) is 0 Å². The zero-order valence-corrected chi connectivity index (χ0v) is 29.2. The molecule has 8 aromatic carbocycles. The van der Waals surface area contributed by atoms with Crippen LogP contribution >= 0.6 is 11.3 Å². The molecule has 0 aliphatic heterocycles. The monoisotopic (exact) mass is 676 g/mol. The fraction of sp³-hybridized carbons (Fsp3) is 0.0196. The van der Waals surface area contributed by atoms with Gasteiger partial charge in [0.25, 0.3) is 0 Å². The van der Waals surface area contributed by atoms with Crippen molar-refractivity contribution in [2.45, 2.75) is 5.41 Å². The maximum atomic E-state index is 2.38. The van der Waals surface area contributed by atoms with Crippen LogP contribution in [0, 0.1) is 0 Å². The Morgan fingerprint density at radius 3 is 1.48 bits per heavy atom. The first-order valence-electron chi connectivity index (χ1n) is 18.0. The van der Waals surface area contributed by atoms with Crippen LogP contribution in [-0.4, -0.2) is 0 Å². The molecule has 0 radical (unpaired) electrons. The van der Waals surface area contributed by atoms with Gasteiger partial charge >= 0.3 is 0 Å². The molecule has 2 aliphatic carbocycles. The first-order chi connectivity index (χ1) is 25.8. The molecule has 0 N–H and O–H groups in total. The molecule has 1 unspecified atom stereocenters. The molecule has 0 saturated heterocycles. The van der Waals surface area contributed by atoms with Gasteiger partial charge in [0.1, 0.15) is 0 Å². The van der Waals surface area contributed by atoms with Gasteiger partial charge in [-0.15, -0.1) is 11.3 Å². The Morgan fingerprint density at radius 2 is 0.808 bits per heavy atom. The summed E-state index contributed by atoms with van der Waals surface area (Å²) in [6.45, 7) is 0. The van der Waals surface area contributed by atoms with Gasteiger partial charge in [-0.2, -0.15) is 0 Å². The van der Waals surface area contributed by atoms with Crippen LogP contribution in [0.3, 0.4) is 0 Å². The minimum atomic E-state index is -0.384. The summed E-state index contributed by atoms with van der Waals surface area (Å²) in [7, 11) is 0. The first-order valence-corrected chi connectivity index (χ1v) is 18.8. The molecule has 242 valence electrons. The van der Waals surface area contributed by atoms with E-state index in [4.69, 9.17) is 0 Å². The normalized spacial score (nSPS) is 15.0. The smallest absolute Gasteiger partial charge is 0.0825 e. The van der Waals surface area contributed by atoms with Crippen molar-refractivity contribution in [2.75, 3.05) is 0 Å². The Balaban J connectivity index is 1.11. The second-order valence-corrected chi connectivity index (χ2v) is 15.0. The summed E-state index contributed by atoms with van der Waals surface area (Å²) in [5.74, 6) is 0. The predicted octanol–water partition coefficient (Wildman–Crippen LogP) is 13.9. The summed E-state index contributed by atoms with van der Waals surface area (Å²) in [5.41, 5.74) is 19.1. The van der Waals surface area contributed by atoms with Gasteiger partial charge in [0.15, 0.2) is 0 Å². The third-order valence-electron chi connectivity index (χ3n) is 11.3. The lowest BCUT2D eigenvalue weighted by Gasteiger charge is -2.31. The van der Waals surface area contributed by atoms with Crippen LogP contribution < -0.4 is 0 Å². The summed E-state index contributed by atoms with van der Waals surface area (Å²) in [6, 6.07) is 71.9. The molecule has 0 amide bonds. The van der Waals surface area contributed by atoms with E-state index in [0.29, 0.717) is 0 Å². The Kier molecular flexibility index (Phi) is 6.44. The highest BCUT2D eigenvalue weighted by Crippen LogP contribution is 2.67. The third kappa shape index (κ3) is 4.15. The van der Waals surface area contributed by atoms with Gasteiger partial charge in [0.05, 0.1) is 5.41 Å².